The molecule has 0 bridgehead atoms. The number of aliphatic hydroxyl groups excluding tert-OH is 1. The summed E-state index contributed by atoms with van der Waals surface area (Å²) in [6.45, 7) is 6.75. The summed E-state index contributed by atoms with van der Waals surface area (Å²) in [4.78, 5) is 12.0. The fourth-order valence-electron chi connectivity index (χ4n) is 10.3. The highest BCUT2D eigenvalue weighted by molar-refractivity contribution is 5.93. The van der Waals surface area contributed by atoms with E-state index >= 15 is 0 Å². The Balaban J connectivity index is 1.15. The van der Waals surface area contributed by atoms with E-state index in [-0.39, 0.29) is 41.2 Å². The van der Waals surface area contributed by atoms with Crippen LogP contribution in [-0.2, 0) is 19.0 Å². The number of carbonyl (C=O) groups excluding carboxylic acids is 1. The summed E-state index contributed by atoms with van der Waals surface area (Å²) in [5.41, 5.74) is 0.844. The Morgan fingerprint density at radius 2 is 1.81 bits per heavy atom. The van der Waals surface area contributed by atoms with Crippen molar-refractivity contribution in [2.24, 2.45) is 34.5 Å². The van der Waals surface area contributed by atoms with E-state index in [0.717, 1.165) is 57.8 Å². The van der Waals surface area contributed by atoms with Crippen molar-refractivity contribution in [1.29, 1.82) is 0 Å². The predicted octanol–water partition coefficient (Wildman–Crippen LogP) is 4.95. The van der Waals surface area contributed by atoms with Crippen LogP contribution in [0.1, 0.15) is 97.8 Å². The molecule has 12 unspecified atom stereocenters. The van der Waals surface area contributed by atoms with Crippen molar-refractivity contribution in [2.75, 3.05) is 7.11 Å². The Bertz CT molecular complexity index is 933. The quantitative estimate of drug-likeness (QED) is 0.515. The van der Waals surface area contributed by atoms with Gasteiger partial charge in [-0.1, -0.05) is 19.4 Å². The van der Waals surface area contributed by atoms with E-state index in [1.165, 1.54) is 12.0 Å². The van der Waals surface area contributed by atoms with Crippen LogP contribution in [0.3, 0.4) is 0 Å². The van der Waals surface area contributed by atoms with Gasteiger partial charge in [-0.2, -0.15) is 0 Å². The molecular formula is C31H48O6. The largest absolute Gasteiger partial charge is 0.389 e. The molecule has 5 fully saturated rings. The lowest BCUT2D eigenvalue weighted by atomic mass is 9.43. The lowest BCUT2D eigenvalue weighted by Gasteiger charge is -2.64. The van der Waals surface area contributed by atoms with Crippen LogP contribution in [0.5, 0.6) is 0 Å². The van der Waals surface area contributed by atoms with Gasteiger partial charge in [0.15, 0.2) is 12.1 Å². The maximum atomic E-state index is 12.4. The second kappa shape index (κ2) is 9.40. The van der Waals surface area contributed by atoms with Crippen molar-refractivity contribution >= 4 is 5.78 Å². The van der Waals surface area contributed by atoms with E-state index in [0.29, 0.717) is 36.5 Å². The zero-order valence-corrected chi connectivity index (χ0v) is 23.3. The van der Waals surface area contributed by atoms with Gasteiger partial charge in [-0.05, 0) is 106 Å². The van der Waals surface area contributed by atoms with Crippen LogP contribution in [0.15, 0.2) is 11.6 Å². The normalized spacial score (nSPS) is 53.8. The van der Waals surface area contributed by atoms with Crippen LogP contribution in [0.4, 0.5) is 0 Å². The van der Waals surface area contributed by atoms with E-state index in [1.54, 1.807) is 7.11 Å². The summed E-state index contributed by atoms with van der Waals surface area (Å²) in [6.07, 6.45) is 12.4. The number of ketones is 1. The van der Waals surface area contributed by atoms with E-state index in [9.17, 15) is 15.0 Å². The molecule has 6 heteroatoms. The summed E-state index contributed by atoms with van der Waals surface area (Å²) in [5, 5.41) is 22.8. The first-order valence-electron chi connectivity index (χ1n) is 15.1. The molecule has 2 N–H and O–H groups in total. The first-order valence-corrected chi connectivity index (χ1v) is 15.1. The van der Waals surface area contributed by atoms with Crippen molar-refractivity contribution < 1.29 is 29.2 Å². The van der Waals surface area contributed by atoms with Gasteiger partial charge >= 0.3 is 0 Å². The van der Waals surface area contributed by atoms with Gasteiger partial charge in [0.2, 0.25) is 0 Å². The van der Waals surface area contributed by atoms with E-state index in [2.05, 4.69) is 13.8 Å². The molecule has 5 aliphatic carbocycles. The van der Waals surface area contributed by atoms with Crippen LogP contribution in [0.25, 0.3) is 0 Å². The molecule has 1 aliphatic heterocycles. The van der Waals surface area contributed by atoms with E-state index < -0.39 is 11.7 Å². The SMILES string of the molecule is COC1CC(OC2CCC3(C)C(CCC4C3CCC3(C)C(C5=CC(=O)CC5)CCC43O)C2)OC(C)C1O. The zero-order chi connectivity index (χ0) is 26.2. The lowest BCUT2D eigenvalue weighted by molar-refractivity contribution is -0.273. The number of allylic oxidation sites excluding steroid dienone is 2. The van der Waals surface area contributed by atoms with Gasteiger partial charge in [0, 0.05) is 25.4 Å². The van der Waals surface area contributed by atoms with E-state index in [4.69, 9.17) is 14.2 Å². The number of carbonyl (C=O) groups is 1. The number of methoxy groups -OCH3 is 1. The number of rotatable bonds is 4. The average molecular weight is 517 g/mol. The van der Waals surface area contributed by atoms with Gasteiger partial charge in [0.05, 0.1) is 23.9 Å². The number of hydrogen-bond acceptors (Lipinski definition) is 6. The van der Waals surface area contributed by atoms with Gasteiger partial charge in [-0.15, -0.1) is 0 Å². The highest BCUT2D eigenvalue weighted by atomic mass is 16.7. The van der Waals surface area contributed by atoms with Gasteiger partial charge in [0.25, 0.3) is 0 Å². The third-order valence-corrected chi connectivity index (χ3v) is 12.6. The number of aliphatic hydroxyl groups is 2. The summed E-state index contributed by atoms with van der Waals surface area (Å²) >= 11 is 0. The molecule has 208 valence electrons. The standard InChI is InChI=1S/C31H48O6/c1-18-28(33)26(35-4)17-27(36-18)37-22-9-12-29(2)20(16-22)6-8-25-24(29)10-13-30(3)23(11-14-31(25,30)34)19-5-7-21(32)15-19/h15,18,20,22-28,33-34H,5-14,16-17H2,1-4H3. The fourth-order valence-corrected chi connectivity index (χ4v) is 10.3. The molecule has 0 spiro atoms. The van der Waals surface area contributed by atoms with Crippen LogP contribution >= 0.6 is 0 Å². The molecular weight excluding hydrogens is 468 g/mol. The average Bonchev–Trinajstić information content (AvgIpc) is 3.41. The minimum atomic E-state index is -0.615. The monoisotopic (exact) mass is 516 g/mol. The third-order valence-electron chi connectivity index (χ3n) is 12.6. The van der Waals surface area contributed by atoms with Crippen molar-refractivity contribution in [3.63, 3.8) is 0 Å². The second-order valence-corrected chi connectivity index (χ2v) is 14.0. The third kappa shape index (κ3) is 4.03. The molecule has 37 heavy (non-hydrogen) atoms. The molecule has 6 aliphatic rings. The Morgan fingerprint density at radius 1 is 1.00 bits per heavy atom. The topological polar surface area (TPSA) is 85.2 Å². The summed E-state index contributed by atoms with van der Waals surface area (Å²) in [5.74, 6) is 2.17. The summed E-state index contributed by atoms with van der Waals surface area (Å²) in [7, 11) is 1.65. The Labute approximate surface area is 222 Å². The molecule has 1 heterocycles. The number of hydrogen-bond donors (Lipinski definition) is 2. The number of fused-ring (bicyclic) bond motifs is 5. The first kappa shape index (κ1) is 26.4. The van der Waals surface area contributed by atoms with Crippen LogP contribution in [0.2, 0.25) is 0 Å². The van der Waals surface area contributed by atoms with Crippen molar-refractivity contribution in [3.8, 4) is 0 Å². The smallest absolute Gasteiger partial charge is 0.161 e. The summed E-state index contributed by atoms with van der Waals surface area (Å²) < 4.78 is 18.0. The molecule has 4 saturated carbocycles. The van der Waals surface area contributed by atoms with E-state index in [1.807, 2.05) is 13.0 Å². The van der Waals surface area contributed by atoms with Gasteiger partial charge in [-0.3, -0.25) is 4.79 Å². The van der Waals surface area contributed by atoms with Crippen LogP contribution in [0, 0.1) is 34.5 Å². The molecule has 1 saturated heterocycles. The molecule has 0 aromatic carbocycles. The predicted molar refractivity (Wildman–Crippen MR) is 140 cm³/mol. The van der Waals surface area contributed by atoms with Gasteiger partial charge in [-0.25, -0.2) is 0 Å². The fraction of sp³-hybridized carbons (Fsp3) is 0.903. The molecule has 0 aromatic heterocycles. The second-order valence-electron chi connectivity index (χ2n) is 14.0. The molecule has 6 nitrogen and oxygen atoms in total. The Hall–Kier alpha value is -0.790. The minimum absolute atomic E-state index is 0.106. The van der Waals surface area contributed by atoms with Gasteiger partial charge in [0.1, 0.15) is 6.10 Å². The van der Waals surface area contributed by atoms with Crippen molar-refractivity contribution in [1.82, 2.24) is 0 Å². The molecule has 12 atom stereocenters. The number of ether oxygens (including phenoxy) is 3. The minimum Gasteiger partial charge on any atom is -0.389 e. The highest BCUT2D eigenvalue weighted by Gasteiger charge is 2.67. The maximum absolute atomic E-state index is 12.4. The first-order chi connectivity index (χ1) is 17.6. The Morgan fingerprint density at radius 3 is 2.54 bits per heavy atom. The zero-order valence-electron chi connectivity index (χ0n) is 23.3. The molecule has 0 radical (unpaired) electrons. The van der Waals surface area contributed by atoms with Crippen molar-refractivity contribution in [2.45, 2.75) is 134 Å². The lowest BCUT2D eigenvalue weighted by Crippen LogP contribution is -2.62. The van der Waals surface area contributed by atoms with Crippen LogP contribution in [-0.4, -0.2) is 59.4 Å². The highest BCUT2D eigenvalue weighted by Crippen LogP contribution is 2.70. The van der Waals surface area contributed by atoms with Crippen LogP contribution < -0.4 is 0 Å². The molecule has 0 amide bonds. The summed E-state index contributed by atoms with van der Waals surface area (Å²) in [6, 6.07) is 0. The van der Waals surface area contributed by atoms with Gasteiger partial charge < -0.3 is 24.4 Å². The molecule has 6 rings (SSSR count). The van der Waals surface area contributed by atoms with Crippen molar-refractivity contribution in [3.05, 3.63) is 11.6 Å². The molecule has 0 aromatic rings. The maximum Gasteiger partial charge on any atom is 0.161 e. The Kier molecular flexibility index (Phi) is 6.72.